The molecule has 14 heteroatoms. The molecule has 10 unspecified atom stereocenters. The molecule has 3 heterocycles. The average molecular weight is 593 g/mol. The number of phenolic OH excluding ortho intramolecular Hbond substituents is 1. The summed E-state index contributed by atoms with van der Waals surface area (Å²) >= 11 is 0. The molecular weight excluding hydrogens is 560 g/mol. The predicted octanol–water partition coefficient (Wildman–Crippen LogP) is -1.10. The zero-order chi connectivity index (χ0) is 30.5. The number of rotatable bonds is 6. The van der Waals surface area contributed by atoms with E-state index in [1.807, 2.05) is 0 Å². The minimum Gasteiger partial charge on any atom is -0.507 e. The van der Waals surface area contributed by atoms with Crippen LogP contribution in [0, 0.1) is 0 Å². The van der Waals surface area contributed by atoms with Crippen molar-refractivity contribution in [3.05, 3.63) is 52.2 Å². The third-order valence-electron chi connectivity index (χ3n) is 7.58. The number of fused-ring (bicyclic) bond motifs is 1. The second kappa shape index (κ2) is 11.8. The zero-order valence-corrected chi connectivity index (χ0v) is 22.5. The van der Waals surface area contributed by atoms with E-state index in [0.717, 1.165) is 12.1 Å². The quantitative estimate of drug-likeness (QED) is 0.170. The van der Waals surface area contributed by atoms with E-state index in [1.165, 1.54) is 38.3 Å². The van der Waals surface area contributed by atoms with Crippen molar-refractivity contribution in [1.82, 2.24) is 0 Å². The van der Waals surface area contributed by atoms with Gasteiger partial charge in [-0.05, 0) is 31.2 Å². The van der Waals surface area contributed by atoms with Crippen molar-refractivity contribution in [3.63, 3.8) is 0 Å². The largest absolute Gasteiger partial charge is 0.507 e. The number of ether oxygens (including phenoxy) is 4. The van der Waals surface area contributed by atoms with Gasteiger partial charge in [0.15, 0.2) is 11.0 Å². The van der Waals surface area contributed by atoms with Gasteiger partial charge in [0.2, 0.25) is 6.29 Å². The average Bonchev–Trinajstić information content (AvgIpc) is 2.98. The van der Waals surface area contributed by atoms with E-state index < -0.39 is 79.0 Å². The lowest BCUT2D eigenvalue weighted by Crippen LogP contribution is -2.58. The van der Waals surface area contributed by atoms with E-state index in [0.29, 0.717) is 5.56 Å². The molecule has 2 aliphatic rings. The summed E-state index contributed by atoms with van der Waals surface area (Å²) in [6.07, 6.45) is -14.1. The molecule has 10 atom stereocenters. The maximum Gasteiger partial charge on any atom is 0.229 e. The zero-order valence-electron chi connectivity index (χ0n) is 22.5. The standard InChI is InChI=1S/C28H32O14/c1-10-20(32)22(34)25(37)28(39-10)40-12-5-3-11(4-6-12)15-7-13(30)18-14(31)8-16(38-2)19(26(18)41-15)27-24(36)23(35)21(33)17(9-29)42-27/h3-8,10,17,20-25,27-29,31-37H,9H2,1-2H3. The monoisotopic (exact) mass is 592 g/mol. The molecule has 5 rings (SSSR count). The lowest BCUT2D eigenvalue weighted by Gasteiger charge is -2.40. The van der Waals surface area contributed by atoms with E-state index in [9.17, 15) is 45.6 Å². The highest BCUT2D eigenvalue weighted by atomic mass is 16.7. The smallest absolute Gasteiger partial charge is 0.229 e. The number of hydrogen-bond donors (Lipinski definition) is 8. The summed E-state index contributed by atoms with van der Waals surface area (Å²) in [5.41, 5.74) is -0.547. The van der Waals surface area contributed by atoms with Crippen LogP contribution in [0.25, 0.3) is 22.3 Å². The minimum absolute atomic E-state index is 0.0265. The number of hydrogen-bond acceptors (Lipinski definition) is 14. The van der Waals surface area contributed by atoms with E-state index in [-0.39, 0.29) is 33.8 Å². The Morgan fingerprint density at radius 3 is 2.17 bits per heavy atom. The fourth-order valence-corrected chi connectivity index (χ4v) is 5.18. The van der Waals surface area contributed by atoms with Crippen LogP contribution in [0.4, 0.5) is 0 Å². The second-order valence-electron chi connectivity index (χ2n) is 10.3. The van der Waals surface area contributed by atoms with Crippen molar-refractivity contribution in [2.75, 3.05) is 13.7 Å². The van der Waals surface area contributed by atoms with Crippen molar-refractivity contribution < 1.29 is 64.2 Å². The lowest BCUT2D eigenvalue weighted by molar-refractivity contribution is -0.268. The number of methoxy groups -OCH3 is 1. The molecule has 228 valence electrons. The maximum atomic E-state index is 13.2. The first-order valence-electron chi connectivity index (χ1n) is 13.1. The first kappa shape index (κ1) is 30.2. The molecule has 0 radical (unpaired) electrons. The van der Waals surface area contributed by atoms with Crippen molar-refractivity contribution in [2.24, 2.45) is 0 Å². The summed E-state index contributed by atoms with van der Waals surface area (Å²) in [5, 5.41) is 81.5. The highest BCUT2D eigenvalue weighted by molar-refractivity contribution is 5.89. The molecule has 14 nitrogen and oxygen atoms in total. The molecule has 42 heavy (non-hydrogen) atoms. The fraction of sp³-hybridized carbons (Fsp3) is 0.464. The lowest BCUT2D eigenvalue weighted by atomic mass is 9.89. The number of benzene rings is 2. The van der Waals surface area contributed by atoms with Crippen LogP contribution < -0.4 is 14.9 Å². The molecule has 2 saturated heterocycles. The van der Waals surface area contributed by atoms with Gasteiger partial charge in [0, 0.05) is 17.7 Å². The molecule has 8 N–H and O–H groups in total. The van der Waals surface area contributed by atoms with Crippen molar-refractivity contribution in [1.29, 1.82) is 0 Å². The molecule has 2 aromatic carbocycles. The minimum atomic E-state index is -1.73. The van der Waals surface area contributed by atoms with Gasteiger partial charge in [-0.25, -0.2) is 0 Å². The molecule has 0 saturated carbocycles. The van der Waals surface area contributed by atoms with E-state index in [1.54, 1.807) is 0 Å². The summed E-state index contributed by atoms with van der Waals surface area (Å²) in [7, 11) is 1.27. The van der Waals surface area contributed by atoms with Gasteiger partial charge in [-0.3, -0.25) is 4.79 Å². The molecular formula is C28H32O14. The Bertz CT molecular complexity index is 1470. The molecule has 0 aliphatic carbocycles. The Morgan fingerprint density at radius 2 is 1.52 bits per heavy atom. The van der Waals surface area contributed by atoms with Crippen LogP contribution in [0.3, 0.4) is 0 Å². The van der Waals surface area contributed by atoms with Gasteiger partial charge in [-0.15, -0.1) is 0 Å². The second-order valence-corrected chi connectivity index (χ2v) is 10.3. The molecule has 0 spiro atoms. The van der Waals surface area contributed by atoms with Gasteiger partial charge in [-0.1, -0.05) is 0 Å². The number of aromatic hydroxyl groups is 1. The van der Waals surface area contributed by atoms with Gasteiger partial charge in [0.05, 0.1) is 25.4 Å². The summed E-state index contributed by atoms with van der Waals surface area (Å²) in [6, 6.07) is 8.28. The van der Waals surface area contributed by atoms with Gasteiger partial charge in [0.1, 0.15) is 77.2 Å². The summed E-state index contributed by atoms with van der Waals surface area (Å²) in [5.74, 6) is -0.283. The third-order valence-corrected chi connectivity index (χ3v) is 7.58. The Morgan fingerprint density at radius 1 is 0.857 bits per heavy atom. The van der Waals surface area contributed by atoms with Crippen LogP contribution in [-0.4, -0.2) is 110 Å². The molecule has 0 bridgehead atoms. The molecule has 1 aromatic heterocycles. The fourth-order valence-electron chi connectivity index (χ4n) is 5.18. The predicted molar refractivity (Wildman–Crippen MR) is 142 cm³/mol. The van der Waals surface area contributed by atoms with Gasteiger partial charge in [-0.2, -0.15) is 0 Å². The van der Waals surface area contributed by atoms with Crippen LogP contribution >= 0.6 is 0 Å². The van der Waals surface area contributed by atoms with E-state index in [4.69, 9.17) is 23.4 Å². The first-order valence-corrected chi connectivity index (χ1v) is 13.1. The molecule has 3 aromatic rings. The summed E-state index contributed by atoms with van der Waals surface area (Å²) in [4.78, 5) is 13.2. The van der Waals surface area contributed by atoms with Gasteiger partial charge < -0.3 is 64.2 Å². The molecule has 0 amide bonds. The van der Waals surface area contributed by atoms with Crippen molar-refractivity contribution in [2.45, 2.75) is 68.1 Å². The van der Waals surface area contributed by atoms with Crippen LogP contribution in [0.15, 0.2) is 45.6 Å². The number of aliphatic hydroxyl groups excluding tert-OH is 7. The number of aliphatic hydroxyl groups is 7. The van der Waals surface area contributed by atoms with E-state index in [2.05, 4.69) is 0 Å². The van der Waals surface area contributed by atoms with Gasteiger partial charge >= 0.3 is 0 Å². The van der Waals surface area contributed by atoms with E-state index >= 15 is 0 Å². The van der Waals surface area contributed by atoms with Crippen LogP contribution in [0.2, 0.25) is 0 Å². The highest BCUT2D eigenvalue weighted by Crippen LogP contribution is 2.44. The number of phenols is 1. The van der Waals surface area contributed by atoms with Crippen LogP contribution in [0.5, 0.6) is 17.2 Å². The van der Waals surface area contributed by atoms with Crippen molar-refractivity contribution in [3.8, 4) is 28.6 Å². The topological polar surface area (TPSA) is 229 Å². The first-order chi connectivity index (χ1) is 20.0. The Balaban J connectivity index is 1.53. The Labute approximate surface area is 238 Å². The van der Waals surface area contributed by atoms with Crippen molar-refractivity contribution >= 4 is 11.0 Å². The maximum absolute atomic E-state index is 13.2. The Hall–Kier alpha value is -3.31. The SMILES string of the molecule is COc1cc(O)c2c(=O)cc(-c3ccc(OC4OC(C)C(O)C(O)C4O)cc3)oc2c1C1OC(CO)C(O)C(O)C1O. The van der Waals surface area contributed by atoms with Crippen LogP contribution in [-0.2, 0) is 9.47 Å². The summed E-state index contributed by atoms with van der Waals surface area (Å²) in [6.45, 7) is 0.830. The van der Waals surface area contributed by atoms with Crippen LogP contribution in [0.1, 0.15) is 18.6 Å². The molecule has 2 aliphatic heterocycles. The van der Waals surface area contributed by atoms with Gasteiger partial charge in [0.25, 0.3) is 0 Å². The highest BCUT2D eigenvalue weighted by Gasteiger charge is 2.46. The third kappa shape index (κ3) is 5.21. The normalized spacial score (nSPS) is 33.5. The molecule has 2 fully saturated rings. The Kier molecular flexibility index (Phi) is 8.44. The summed E-state index contributed by atoms with van der Waals surface area (Å²) < 4.78 is 28.2.